The number of hydrogen-bond acceptors (Lipinski definition) is 0. The summed E-state index contributed by atoms with van der Waals surface area (Å²) in [5.74, 6) is 0. The van der Waals surface area contributed by atoms with Gasteiger partial charge >= 0.3 is 25.8 Å². The number of rotatable bonds is 0. The van der Waals surface area contributed by atoms with Crippen molar-refractivity contribution in [1.29, 1.82) is 0 Å². The van der Waals surface area contributed by atoms with E-state index in [4.69, 9.17) is 0 Å². The van der Waals surface area contributed by atoms with Gasteiger partial charge in [0, 0.05) is 0 Å². The first-order valence-corrected chi connectivity index (χ1v) is 2.99. The van der Waals surface area contributed by atoms with Crippen LogP contribution < -0.4 is 24.8 Å². The van der Waals surface area contributed by atoms with Gasteiger partial charge in [0.2, 0.25) is 0 Å². The van der Waals surface area contributed by atoms with Crippen molar-refractivity contribution in [2.45, 2.75) is 0 Å². The Bertz CT molecular complexity index is 159. The summed E-state index contributed by atoms with van der Waals surface area (Å²) in [6.45, 7) is 0. The maximum absolute atomic E-state index is 2.74. The van der Waals surface area contributed by atoms with Crippen molar-refractivity contribution in [3.05, 3.63) is 49.1 Å². The first kappa shape index (κ1) is 18.7. The standard InChI is InChI=1S/2C4H4N.2ClH.Hf/c2*1-2-4-5-3-1;;;/h2*1-3,5H;2*1H;/q2*-1;;;+4/p-2. The third kappa shape index (κ3) is 12.0. The number of aromatic nitrogens is 2. The molecule has 0 aliphatic heterocycles. The first-order valence-electron chi connectivity index (χ1n) is 2.99. The zero-order valence-corrected chi connectivity index (χ0v) is 11.8. The number of nitrogens with one attached hydrogen (secondary N) is 2. The maximum atomic E-state index is 2.74. The molecule has 0 spiro atoms. The molecule has 0 radical (unpaired) electrons. The molecule has 2 nitrogen and oxygen atoms in total. The summed E-state index contributed by atoms with van der Waals surface area (Å²) < 4.78 is 0. The zero-order valence-electron chi connectivity index (χ0n) is 6.72. The minimum atomic E-state index is 0. The molecule has 0 atom stereocenters. The molecule has 5 heteroatoms. The Labute approximate surface area is 109 Å². The number of halogens is 2. The zero-order chi connectivity index (χ0) is 7.07. The van der Waals surface area contributed by atoms with E-state index in [2.05, 4.69) is 22.4 Å². The molecule has 2 aromatic rings. The molecule has 0 saturated heterocycles. The van der Waals surface area contributed by atoms with Crippen LogP contribution in [0.3, 0.4) is 0 Å². The van der Waals surface area contributed by atoms with Gasteiger partial charge in [0.25, 0.3) is 0 Å². The van der Waals surface area contributed by atoms with E-state index >= 15 is 0 Å². The Hall–Kier alpha value is 0.0101. The largest absolute Gasteiger partial charge is 4.00 e. The summed E-state index contributed by atoms with van der Waals surface area (Å²) in [6.07, 6.45) is 9.11. The molecule has 2 rings (SSSR count). The Morgan fingerprint density at radius 3 is 1.23 bits per heavy atom. The molecule has 68 valence electrons. The van der Waals surface area contributed by atoms with Crippen molar-refractivity contribution in [2.24, 2.45) is 0 Å². The molecule has 0 unspecified atom stereocenters. The van der Waals surface area contributed by atoms with Crippen molar-refractivity contribution in [3.8, 4) is 0 Å². The third-order valence-electron chi connectivity index (χ3n) is 0.885. The monoisotopic (exact) mass is 382 g/mol. The van der Waals surface area contributed by atoms with Crippen LogP contribution in [0.2, 0.25) is 0 Å². The molecular formula is C8H8Cl2HfN2. The summed E-state index contributed by atoms with van der Waals surface area (Å²) in [5.41, 5.74) is 0. The quantitative estimate of drug-likeness (QED) is 0.342. The van der Waals surface area contributed by atoms with Gasteiger partial charge in [-0.2, -0.15) is 36.7 Å². The topological polar surface area (TPSA) is 31.6 Å². The van der Waals surface area contributed by atoms with Crippen molar-refractivity contribution < 1.29 is 50.7 Å². The number of H-pyrrole nitrogens is 2. The molecule has 0 fully saturated rings. The predicted molar refractivity (Wildman–Crippen MR) is 39.3 cm³/mol. The van der Waals surface area contributed by atoms with Crippen molar-refractivity contribution >= 4 is 0 Å². The van der Waals surface area contributed by atoms with Crippen LogP contribution in [0.5, 0.6) is 0 Å². The average molecular weight is 382 g/mol. The van der Waals surface area contributed by atoms with E-state index in [1.165, 1.54) is 0 Å². The Balaban J connectivity index is -0.000000125. The molecule has 0 aromatic carbocycles. The van der Waals surface area contributed by atoms with E-state index in [1.54, 1.807) is 0 Å². The SMILES string of the molecule is [Cl-].[Cl-].[Hf+4].[c-]1ccc[nH]1.[c-]1ccc[nH]1. The van der Waals surface area contributed by atoms with Gasteiger partial charge in [0.15, 0.2) is 0 Å². The van der Waals surface area contributed by atoms with Crippen LogP contribution in [-0.2, 0) is 25.8 Å². The van der Waals surface area contributed by atoms with Gasteiger partial charge in [-0.15, -0.1) is 12.4 Å². The second kappa shape index (κ2) is 14.5. The van der Waals surface area contributed by atoms with Gasteiger partial charge in [0.1, 0.15) is 0 Å². The van der Waals surface area contributed by atoms with E-state index < -0.39 is 0 Å². The van der Waals surface area contributed by atoms with E-state index in [-0.39, 0.29) is 50.7 Å². The van der Waals surface area contributed by atoms with Crippen LogP contribution in [0.15, 0.2) is 36.7 Å². The van der Waals surface area contributed by atoms with E-state index in [9.17, 15) is 0 Å². The molecule has 0 aliphatic rings. The summed E-state index contributed by atoms with van der Waals surface area (Å²) in [6, 6.07) is 7.42. The van der Waals surface area contributed by atoms with E-state index in [0.717, 1.165) is 0 Å². The van der Waals surface area contributed by atoms with Gasteiger partial charge in [-0.1, -0.05) is 0 Å². The summed E-state index contributed by atoms with van der Waals surface area (Å²) >= 11 is 0. The van der Waals surface area contributed by atoms with Crippen LogP contribution >= 0.6 is 0 Å². The fraction of sp³-hybridized carbons (Fsp3) is 0. The Kier molecular flexibility index (Phi) is 20.9. The molecule has 2 N–H and O–H groups in total. The van der Waals surface area contributed by atoms with Gasteiger partial charge in [-0.05, 0) is 0 Å². The summed E-state index contributed by atoms with van der Waals surface area (Å²) in [7, 11) is 0. The second-order valence-electron chi connectivity index (χ2n) is 1.63. The second-order valence-corrected chi connectivity index (χ2v) is 1.63. The molecule has 2 aromatic heterocycles. The number of hydrogen-bond donors (Lipinski definition) is 2. The maximum Gasteiger partial charge on any atom is 4.00 e. The van der Waals surface area contributed by atoms with Crippen LogP contribution in [-0.4, -0.2) is 9.97 Å². The molecule has 0 amide bonds. The van der Waals surface area contributed by atoms with Crippen LogP contribution in [0.25, 0.3) is 0 Å². The predicted octanol–water partition coefficient (Wildman–Crippen LogP) is -4.36. The summed E-state index contributed by atoms with van der Waals surface area (Å²) in [5, 5.41) is 0. The average Bonchev–Trinajstić information content (AvgIpc) is 2.67. The smallest absolute Gasteiger partial charge is 1.00 e. The molecule has 0 bridgehead atoms. The normalized spacial score (nSPS) is 6.15. The Morgan fingerprint density at radius 1 is 0.769 bits per heavy atom. The van der Waals surface area contributed by atoms with Gasteiger partial charge in [-0.3, -0.25) is 0 Å². The third-order valence-corrected chi connectivity index (χ3v) is 0.885. The van der Waals surface area contributed by atoms with Gasteiger partial charge < -0.3 is 34.8 Å². The van der Waals surface area contributed by atoms with Crippen LogP contribution in [0, 0.1) is 12.4 Å². The number of aromatic amines is 2. The fourth-order valence-corrected chi connectivity index (χ4v) is 0.481. The van der Waals surface area contributed by atoms with E-state index in [0.29, 0.717) is 0 Å². The van der Waals surface area contributed by atoms with E-state index in [1.807, 2.05) is 36.7 Å². The summed E-state index contributed by atoms with van der Waals surface area (Å²) in [4.78, 5) is 5.47. The van der Waals surface area contributed by atoms with Gasteiger partial charge in [-0.25, -0.2) is 0 Å². The molecule has 0 aliphatic carbocycles. The van der Waals surface area contributed by atoms with Crippen LogP contribution in [0.4, 0.5) is 0 Å². The van der Waals surface area contributed by atoms with Crippen LogP contribution in [0.1, 0.15) is 0 Å². The minimum absolute atomic E-state index is 0. The van der Waals surface area contributed by atoms with Crippen molar-refractivity contribution in [3.63, 3.8) is 0 Å². The molecular weight excluding hydrogens is 373 g/mol. The van der Waals surface area contributed by atoms with Crippen molar-refractivity contribution in [1.82, 2.24) is 9.97 Å². The minimum Gasteiger partial charge on any atom is -1.00 e. The Morgan fingerprint density at radius 2 is 1.15 bits per heavy atom. The fourth-order valence-electron chi connectivity index (χ4n) is 0.481. The molecule has 0 saturated carbocycles. The molecule has 2 heterocycles. The van der Waals surface area contributed by atoms with Crippen molar-refractivity contribution in [2.75, 3.05) is 0 Å². The van der Waals surface area contributed by atoms with Gasteiger partial charge in [0.05, 0.1) is 0 Å². The molecule has 13 heavy (non-hydrogen) atoms. The first-order chi connectivity index (χ1) is 5.00.